The van der Waals surface area contributed by atoms with Crippen molar-refractivity contribution in [1.29, 1.82) is 0 Å². The van der Waals surface area contributed by atoms with Gasteiger partial charge in [-0.15, -0.1) is 11.3 Å². The van der Waals surface area contributed by atoms with Gasteiger partial charge in [0.2, 0.25) is 0 Å². The highest BCUT2D eigenvalue weighted by molar-refractivity contribution is 7.20. The molecule has 0 bridgehead atoms. The fourth-order valence-corrected chi connectivity index (χ4v) is 4.09. The van der Waals surface area contributed by atoms with Gasteiger partial charge in [-0.05, 0) is 37.6 Å². The highest BCUT2D eigenvalue weighted by Crippen LogP contribution is 2.30. The van der Waals surface area contributed by atoms with E-state index in [1.807, 2.05) is 6.92 Å². The third-order valence-corrected chi connectivity index (χ3v) is 5.64. The fraction of sp³-hybridized carbons (Fsp3) is 0.158. The highest BCUT2D eigenvalue weighted by Gasteiger charge is 2.21. The number of rotatable bonds is 5. The molecule has 148 valence electrons. The summed E-state index contributed by atoms with van der Waals surface area (Å²) in [5.41, 5.74) is 7.77. The van der Waals surface area contributed by atoms with Gasteiger partial charge in [-0.2, -0.15) is 10.2 Å². The first-order valence-electron chi connectivity index (χ1n) is 8.71. The molecule has 4 N–H and O–H groups in total. The van der Waals surface area contributed by atoms with E-state index in [2.05, 4.69) is 20.6 Å². The molecule has 0 aliphatic rings. The molecule has 0 unspecified atom stereocenters. The number of halogens is 1. The molecule has 4 rings (SSSR count). The Kier molecular flexibility index (Phi) is 4.63. The van der Waals surface area contributed by atoms with Gasteiger partial charge in [0, 0.05) is 5.39 Å². The van der Waals surface area contributed by atoms with Crippen molar-refractivity contribution >= 4 is 39.1 Å². The number of fused-ring (bicyclic) bond motifs is 1. The smallest absolute Gasteiger partial charge is 0.271 e. The lowest BCUT2D eigenvalue weighted by Gasteiger charge is -2.04. The Morgan fingerprint density at radius 2 is 2.00 bits per heavy atom. The van der Waals surface area contributed by atoms with E-state index in [0.29, 0.717) is 17.1 Å². The molecule has 0 saturated carbocycles. The second-order valence-corrected chi connectivity index (χ2v) is 7.62. The first-order chi connectivity index (χ1) is 13.8. The molecule has 0 fully saturated rings. The molecule has 0 radical (unpaired) electrons. The summed E-state index contributed by atoms with van der Waals surface area (Å²) in [4.78, 5) is 25.5. The summed E-state index contributed by atoms with van der Waals surface area (Å²) in [5.74, 6) is -1.40. The second-order valence-electron chi connectivity index (χ2n) is 6.59. The van der Waals surface area contributed by atoms with Crippen LogP contribution < -0.4 is 11.1 Å². The standard InChI is InChI=1S/C19H17FN6O2S/c1-9-13-7-14(18(28)22-15-10(2)23-24-16(15)17(21)27)29-19(13)26(25-9)8-11-3-5-12(20)6-4-11/h3-7H,8H2,1-2H3,(H2,21,27)(H,22,28)(H,23,24). The Labute approximate surface area is 168 Å². The summed E-state index contributed by atoms with van der Waals surface area (Å²) >= 11 is 1.28. The summed E-state index contributed by atoms with van der Waals surface area (Å²) in [7, 11) is 0. The third kappa shape index (κ3) is 3.49. The fourth-order valence-electron chi connectivity index (χ4n) is 3.03. The Morgan fingerprint density at radius 1 is 1.28 bits per heavy atom. The Balaban J connectivity index is 1.64. The zero-order chi connectivity index (χ0) is 20.7. The molecule has 0 saturated heterocycles. The van der Waals surface area contributed by atoms with Gasteiger partial charge in [0.1, 0.15) is 10.6 Å². The maximum Gasteiger partial charge on any atom is 0.271 e. The summed E-state index contributed by atoms with van der Waals surface area (Å²) in [6, 6.07) is 7.97. The van der Waals surface area contributed by atoms with Gasteiger partial charge in [0.15, 0.2) is 5.69 Å². The van der Waals surface area contributed by atoms with Crippen molar-refractivity contribution in [3.05, 3.63) is 63.7 Å². The SMILES string of the molecule is Cc1[nH]nc(C(N)=O)c1NC(=O)c1cc2c(C)nn(Cc3ccc(F)cc3)c2s1. The second kappa shape index (κ2) is 7.13. The summed E-state index contributed by atoms with van der Waals surface area (Å²) in [5, 5.41) is 14.6. The Morgan fingerprint density at radius 3 is 2.69 bits per heavy atom. The van der Waals surface area contributed by atoms with Crippen LogP contribution in [0.2, 0.25) is 0 Å². The van der Waals surface area contributed by atoms with Crippen molar-refractivity contribution in [2.45, 2.75) is 20.4 Å². The van der Waals surface area contributed by atoms with Crippen LogP contribution in [0.25, 0.3) is 10.2 Å². The number of anilines is 1. The number of aryl methyl sites for hydroxylation is 2. The van der Waals surface area contributed by atoms with Crippen LogP contribution >= 0.6 is 11.3 Å². The van der Waals surface area contributed by atoms with E-state index >= 15 is 0 Å². The minimum absolute atomic E-state index is 0.0179. The third-order valence-electron chi connectivity index (χ3n) is 4.50. The van der Waals surface area contributed by atoms with Crippen LogP contribution in [0, 0.1) is 19.7 Å². The molecule has 10 heteroatoms. The maximum absolute atomic E-state index is 13.1. The van der Waals surface area contributed by atoms with Gasteiger partial charge in [0.05, 0.1) is 28.5 Å². The summed E-state index contributed by atoms with van der Waals surface area (Å²) in [6.07, 6.45) is 0. The van der Waals surface area contributed by atoms with E-state index in [0.717, 1.165) is 21.5 Å². The lowest BCUT2D eigenvalue weighted by molar-refractivity contribution is 0.0996. The summed E-state index contributed by atoms with van der Waals surface area (Å²) in [6.45, 7) is 4.01. The lowest BCUT2D eigenvalue weighted by Crippen LogP contribution is -2.17. The van der Waals surface area contributed by atoms with E-state index in [9.17, 15) is 14.0 Å². The van der Waals surface area contributed by atoms with Gasteiger partial charge in [0.25, 0.3) is 11.8 Å². The molecule has 2 amide bonds. The number of aromatic nitrogens is 4. The average Bonchev–Trinajstić information content (AvgIpc) is 3.34. The van der Waals surface area contributed by atoms with Crippen LogP contribution in [-0.4, -0.2) is 31.8 Å². The largest absolute Gasteiger partial charge is 0.364 e. The molecular formula is C19H17FN6O2S. The molecule has 0 aliphatic carbocycles. The normalized spacial score (nSPS) is 11.1. The van der Waals surface area contributed by atoms with Crippen molar-refractivity contribution in [3.8, 4) is 0 Å². The van der Waals surface area contributed by atoms with Crippen molar-refractivity contribution in [1.82, 2.24) is 20.0 Å². The topological polar surface area (TPSA) is 119 Å². The molecule has 1 aromatic carbocycles. The molecular weight excluding hydrogens is 395 g/mol. The molecule has 8 nitrogen and oxygen atoms in total. The van der Waals surface area contributed by atoms with Gasteiger partial charge in [-0.25, -0.2) is 4.39 Å². The maximum atomic E-state index is 13.1. The van der Waals surface area contributed by atoms with Gasteiger partial charge >= 0.3 is 0 Å². The lowest BCUT2D eigenvalue weighted by atomic mass is 10.2. The Bertz CT molecular complexity index is 1240. The van der Waals surface area contributed by atoms with Gasteiger partial charge in [-0.1, -0.05) is 12.1 Å². The number of hydrogen-bond donors (Lipinski definition) is 3. The molecule has 4 aromatic rings. The van der Waals surface area contributed by atoms with Crippen LogP contribution in [0.4, 0.5) is 10.1 Å². The van der Waals surface area contributed by atoms with Crippen LogP contribution in [0.15, 0.2) is 30.3 Å². The van der Waals surface area contributed by atoms with Gasteiger partial charge in [-0.3, -0.25) is 19.4 Å². The summed E-state index contributed by atoms with van der Waals surface area (Å²) < 4.78 is 14.9. The van der Waals surface area contributed by atoms with Crippen molar-refractivity contribution in [3.63, 3.8) is 0 Å². The van der Waals surface area contributed by atoms with Gasteiger partial charge < -0.3 is 11.1 Å². The number of H-pyrrole nitrogens is 1. The number of carbonyl (C=O) groups excluding carboxylic acids is 2. The zero-order valence-electron chi connectivity index (χ0n) is 15.6. The zero-order valence-corrected chi connectivity index (χ0v) is 16.4. The van der Waals surface area contributed by atoms with E-state index in [1.54, 1.807) is 29.8 Å². The van der Waals surface area contributed by atoms with Crippen molar-refractivity contribution in [2.75, 3.05) is 5.32 Å². The first-order valence-corrected chi connectivity index (χ1v) is 9.52. The number of aromatic amines is 1. The molecule has 0 aliphatic heterocycles. The van der Waals surface area contributed by atoms with Crippen molar-refractivity contribution < 1.29 is 14.0 Å². The quantitative estimate of drug-likeness (QED) is 0.467. The van der Waals surface area contributed by atoms with Crippen LogP contribution in [0.3, 0.4) is 0 Å². The minimum atomic E-state index is -0.730. The number of primary amides is 1. The minimum Gasteiger partial charge on any atom is -0.364 e. The first kappa shape index (κ1) is 18.8. The molecule has 3 heterocycles. The molecule has 0 atom stereocenters. The average molecular weight is 412 g/mol. The monoisotopic (exact) mass is 412 g/mol. The molecule has 29 heavy (non-hydrogen) atoms. The number of amides is 2. The number of carbonyl (C=O) groups is 2. The number of nitrogens with two attached hydrogens (primary N) is 1. The number of benzene rings is 1. The van der Waals surface area contributed by atoms with E-state index in [4.69, 9.17) is 5.73 Å². The van der Waals surface area contributed by atoms with E-state index in [-0.39, 0.29) is 23.1 Å². The van der Waals surface area contributed by atoms with Crippen LogP contribution in [0.1, 0.15) is 37.1 Å². The van der Waals surface area contributed by atoms with Crippen LogP contribution in [0.5, 0.6) is 0 Å². The number of nitrogens with zero attached hydrogens (tertiary/aromatic N) is 3. The molecule has 0 spiro atoms. The number of nitrogens with one attached hydrogen (secondary N) is 2. The predicted molar refractivity (Wildman–Crippen MR) is 108 cm³/mol. The highest BCUT2D eigenvalue weighted by atomic mass is 32.1. The number of hydrogen-bond acceptors (Lipinski definition) is 5. The van der Waals surface area contributed by atoms with E-state index < -0.39 is 5.91 Å². The predicted octanol–water partition coefficient (Wildman–Crippen LogP) is 2.98. The molecule has 3 aromatic heterocycles. The number of thiophene rings is 1. The van der Waals surface area contributed by atoms with Crippen LogP contribution in [-0.2, 0) is 6.54 Å². The van der Waals surface area contributed by atoms with Crippen molar-refractivity contribution in [2.24, 2.45) is 5.73 Å². The Hall–Kier alpha value is -3.53. The van der Waals surface area contributed by atoms with E-state index in [1.165, 1.54) is 23.5 Å².